The van der Waals surface area contributed by atoms with E-state index in [1.54, 1.807) is 0 Å². The van der Waals surface area contributed by atoms with Crippen molar-refractivity contribution in [3.63, 3.8) is 0 Å². The van der Waals surface area contributed by atoms with Crippen LogP contribution in [0.2, 0.25) is 0 Å². The number of carbonyl (C=O) groups is 1. The van der Waals surface area contributed by atoms with Crippen molar-refractivity contribution in [2.75, 3.05) is 52.9 Å². The molecule has 0 aromatic carbocycles. The molecule has 3 saturated heterocycles. The van der Waals surface area contributed by atoms with Crippen molar-refractivity contribution >= 4 is 5.91 Å². The average molecular weight is 376 g/mol. The fourth-order valence-corrected chi connectivity index (χ4v) is 6.31. The van der Waals surface area contributed by atoms with Crippen molar-refractivity contribution < 1.29 is 4.79 Å². The van der Waals surface area contributed by atoms with Gasteiger partial charge in [0.15, 0.2) is 0 Å². The average Bonchev–Trinajstić information content (AvgIpc) is 3.10. The van der Waals surface area contributed by atoms with E-state index in [0.29, 0.717) is 17.2 Å². The molecule has 3 heterocycles. The van der Waals surface area contributed by atoms with Crippen LogP contribution >= 0.6 is 0 Å². The second-order valence-corrected chi connectivity index (χ2v) is 10.3. The summed E-state index contributed by atoms with van der Waals surface area (Å²) in [5.41, 5.74) is 0.409. The zero-order valence-electron chi connectivity index (χ0n) is 17.6. The minimum absolute atomic E-state index is 0.294. The molecular weight excluding hydrogens is 334 g/mol. The van der Waals surface area contributed by atoms with Crippen molar-refractivity contribution in [2.24, 2.45) is 17.3 Å². The molecule has 27 heavy (non-hydrogen) atoms. The summed E-state index contributed by atoms with van der Waals surface area (Å²) < 4.78 is 0. The first-order valence-electron chi connectivity index (χ1n) is 11.8. The van der Waals surface area contributed by atoms with Crippen molar-refractivity contribution in [3.05, 3.63) is 0 Å². The minimum atomic E-state index is 0.294. The summed E-state index contributed by atoms with van der Waals surface area (Å²) >= 11 is 0. The van der Waals surface area contributed by atoms with Gasteiger partial charge in [-0.2, -0.15) is 0 Å². The zero-order chi connectivity index (χ0) is 18.7. The van der Waals surface area contributed by atoms with Crippen LogP contribution in [0.15, 0.2) is 0 Å². The van der Waals surface area contributed by atoms with E-state index in [9.17, 15) is 4.79 Å². The molecule has 1 spiro atoms. The molecule has 0 aromatic heterocycles. The van der Waals surface area contributed by atoms with E-state index in [2.05, 4.69) is 21.7 Å². The summed E-state index contributed by atoms with van der Waals surface area (Å²) in [6.07, 6.45) is 14.8. The fourth-order valence-electron chi connectivity index (χ4n) is 6.31. The fraction of sp³-hybridized carbons (Fsp3) is 0.957. The topological polar surface area (TPSA) is 26.8 Å². The maximum atomic E-state index is 13.0. The molecule has 1 atom stereocenters. The summed E-state index contributed by atoms with van der Waals surface area (Å²) in [6, 6.07) is 0. The van der Waals surface area contributed by atoms with E-state index in [0.717, 1.165) is 44.9 Å². The molecule has 1 amide bonds. The van der Waals surface area contributed by atoms with Gasteiger partial charge in [0.2, 0.25) is 5.91 Å². The van der Waals surface area contributed by atoms with E-state index >= 15 is 0 Å². The Hall–Kier alpha value is -0.610. The first-order chi connectivity index (χ1) is 13.1. The van der Waals surface area contributed by atoms with Gasteiger partial charge in [-0.3, -0.25) is 4.79 Å². The molecule has 154 valence electrons. The predicted octanol–water partition coefficient (Wildman–Crippen LogP) is 3.61. The second kappa shape index (κ2) is 8.82. The van der Waals surface area contributed by atoms with Gasteiger partial charge in [-0.05, 0) is 77.7 Å². The van der Waals surface area contributed by atoms with E-state index in [1.807, 2.05) is 0 Å². The highest BCUT2D eigenvalue weighted by Crippen LogP contribution is 2.40. The normalized spacial score (nSPS) is 32.4. The van der Waals surface area contributed by atoms with Crippen molar-refractivity contribution in [3.8, 4) is 0 Å². The SMILES string of the molecule is CN1CCC(C(=O)N2CC[C@]3(CCCN(CCC4CCCCC4)C3)C2)CC1. The van der Waals surface area contributed by atoms with Gasteiger partial charge in [-0.25, -0.2) is 0 Å². The number of carbonyl (C=O) groups excluding carboxylic acids is 1. The lowest BCUT2D eigenvalue weighted by Crippen LogP contribution is -2.47. The Morgan fingerprint density at radius 2 is 1.67 bits per heavy atom. The Morgan fingerprint density at radius 1 is 0.889 bits per heavy atom. The first kappa shape index (κ1) is 19.7. The third-order valence-electron chi connectivity index (χ3n) is 8.14. The van der Waals surface area contributed by atoms with Crippen LogP contribution in [-0.4, -0.2) is 73.5 Å². The molecule has 0 unspecified atom stereocenters. The van der Waals surface area contributed by atoms with Crippen LogP contribution in [0.5, 0.6) is 0 Å². The number of rotatable bonds is 4. The van der Waals surface area contributed by atoms with Gasteiger partial charge in [0, 0.05) is 31.0 Å². The minimum Gasteiger partial charge on any atom is -0.342 e. The van der Waals surface area contributed by atoms with E-state index in [-0.39, 0.29) is 0 Å². The maximum Gasteiger partial charge on any atom is 0.225 e. The van der Waals surface area contributed by atoms with Crippen LogP contribution in [0, 0.1) is 17.3 Å². The standard InChI is InChI=1S/C23H41N3O/c1-24-14-9-21(10-15-24)22(27)26-17-12-23(19-26)11-5-13-25(18-23)16-8-20-6-3-2-4-7-20/h20-21H,2-19H2,1H3/t23-/m0/s1. The van der Waals surface area contributed by atoms with E-state index < -0.39 is 0 Å². The molecule has 0 radical (unpaired) electrons. The molecule has 4 heteroatoms. The zero-order valence-corrected chi connectivity index (χ0v) is 17.6. The van der Waals surface area contributed by atoms with E-state index in [1.165, 1.54) is 77.4 Å². The van der Waals surface area contributed by atoms with E-state index in [4.69, 9.17) is 0 Å². The van der Waals surface area contributed by atoms with Crippen LogP contribution in [0.25, 0.3) is 0 Å². The number of amides is 1. The van der Waals surface area contributed by atoms with Gasteiger partial charge in [-0.1, -0.05) is 32.1 Å². The molecule has 1 saturated carbocycles. The highest BCUT2D eigenvalue weighted by Gasteiger charge is 2.43. The summed E-state index contributed by atoms with van der Waals surface area (Å²) in [5.74, 6) is 1.75. The Balaban J connectivity index is 1.26. The molecule has 4 rings (SSSR count). The number of hydrogen-bond acceptors (Lipinski definition) is 3. The molecule has 1 aliphatic carbocycles. The Labute approximate surface area is 166 Å². The predicted molar refractivity (Wildman–Crippen MR) is 111 cm³/mol. The molecule has 0 aromatic rings. The molecule has 3 aliphatic heterocycles. The molecule has 0 N–H and O–H groups in total. The number of likely N-dealkylation sites (tertiary alicyclic amines) is 3. The van der Waals surface area contributed by atoms with Gasteiger partial charge >= 0.3 is 0 Å². The summed E-state index contributed by atoms with van der Waals surface area (Å²) in [4.78, 5) is 20.4. The second-order valence-electron chi connectivity index (χ2n) is 10.3. The van der Waals surface area contributed by atoms with Crippen molar-refractivity contribution in [1.82, 2.24) is 14.7 Å². The lowest BCUT2D eigenvalue weighted by molar-refractivity contribution is -0.136. The molecule has 0 bridgehead atoms. The molecule has 4 nitrogen and oxygen atoms in total. The summed E-state index contributed by atoms with van der Waals surface area (Å²) in [6.45, 7) is 8.07. The van der Waals surface area contributed by atoms with Crippen LogP contribution in [0.3, 0.4) is 0 Å². The monoisotopic (exact) mass is 375 g/mol. The quantitative estimate of drug-likeness (QED) is 0.751. The molecule has 4 fully saturated rings. The lowest BCUT2D eigenvalue weighted by atomic mass is 9.79. The third kappa shape index (κ3) is 4.87. The summed E-state index contributed by atoms with van der Waals surface area (Å²) in [5, 5.41) is 0. The number of nitrogens with zero attached hydrogens (tertiary/aromatic N) is 3. The maximum absolute atomic E-state index is 13.0. The number of piperidine rings is 2. The van der Waals surface area contributed by atoms with Crippen LogP contribution in [0.4, 0.5) is 0 Å². The van der Waals surface area contributed by atoms with Gasteiger partial charge in [0.25, 0.3) is 0 Å². The van der Waals surface area contributed by atoms with Crippen LogP contribution < -0.4 is 0 Å². The third-order valence-corrected chi connectivity index (χ3v) is 8.14. The van der Waals surface area contributed by atoms with Gasteiger partial charge < -0.3 is 14.7 Å². The smallest absolute Gasteiger partial charge is 0.225 e. The Bertz CT molecular complexity index is 496. The van der Waals surface area contributed by atoms with Gasteiger partial charge in [0.05, 0.1) is 0 Å². The summed E-state index contributed by atoms with van der Waals surface area (Å²) in [7, 11) is 2.18. The number of hydrogen-bond donors (Lipinski definition) is 0. The van der Waals surface area contributed by atoms with Crippen LogP contribution in [0.1, 0.15) is 70.6 Å². The van der Waals surface area contributed by atoms with Crippen molar-refractivity contribution in [2.45, 2.75) is 70.6 Å². The highest BCUT2D eigenvalue weighted by molar-refractivity contribution is 5.79. The van der Waals surface area contributed by atoms with Crippen LogP contribution in [-0.2, 0) is 4.79 Å². The highest BCUT2D eigenvalue weighted by atomic mass is 16.2. The lowest BCUT2D eigenvalue weighted by Gasteiger charge is -2.41. The molecule has 4 aliphatic rings. The van der Waals surface area contributed by atoms with Gasteiger partial charge in [-0.15, -0.1) is 0 Å². The first-order valence-corrected chi connectivity index (χ1v) is 11.8. The van der Waals surface area contributed by atoms with Gasteiger partial charge in [0.1, 0.15) is 0 Å². The van der Waals surface area contributed by atoms with Crippen molar-refractivity contribution in [1.29, 1.82) is 0 Å². The molecular formula is C23H41N3O. The largest absolute Gasteiger partial charge is 0.342 e. The Kier molecular flexibility index (Phi) is 6.43. The Morgan fingerprint density at radius 3 is 2.44 bits per heavy atom.